The van der Waals surface area contributed by atoms with Gasteiger partial charge in [-0.05, 0) is 57.8 Å². The topological polar surface area (TPSA) is 58.6 Å². The third-order valence-electron chi connectivity index (χ3n) is 4.00. The first-order valence-electron chi connectivity index (χ1n) is 7.84. The molecule has 124 valence electrons. The van der Waals surface area contributed by atoms with Crippen molar-refractivity contribution in [2.75, 3.05) is 26.2 Å². The molecule has 1 aliphatic rings. The second-order valence-electron chi connectivity index (χ2n) is 6.07. The van der Waals surface area contributed by atoms with E-state index in [9.17, 15) is 8.42 Å². The van der Waals surface area contributed by atoms with Crippen LogP contribution in [-0.2, 0) is 14.9 Å². The lowest BCUT2D eigenvalue weighted by Gasteiger charge is -2.26. The first-order chi connectivity index (χ1) is 10.4. The Morgan fingerprint density at radius 3 is 2.27 bits per heavy atom. The van der Waals surface area contributed by atoms with E-state index in [2.05, 4.69) is 9.79 Å². The molecular formula is C16H26N2O3S. The number of hydrogen-bond acceptors (Lipinski definition) is 4. The zero-order valence-electron chi connectivity index (χ0n) is 13.7. The Kier molecular flexibility index (Phi) is 5.97. The molecule has 1 N–H and O–H groups in total. The molecule has 2 rings (SSSR count). The lowest BCUT2D eigenvalue weighted by atomic mass is 10.1. The Hall–Kier alpha value is -0.950. The van der Waals surface area contributed by atoms with Crippen LogP contribution in [0.5, 0.6) is 0 Å². The number of aryl methyl sites for hydroxylation is 3. The van der Waals surface area contributed by atoms with E-state index in [1.54, 1.807) is 0 Å². The van der Waals surface area contributed by atoms with Crippen LogP contribution in [-0.4, -0.2) is 39.6 Å². The molecule has 22 heavy (non-hydrogen) atoms. The van der Waals surface area contributed by atoms with E-state index in [0.29, 0.717) is 11.5 Å². The van der Waals surface area contributed by atoms with Gasteiger partial charge in [-0.25, -0.2) is 8.42 Å². The van der Waals surface area contributed by atoms with Crippen molar-refractivity contribution in [3.05, 3.63) is 28.8 Å². The zero-order chi connectivity index (χ0) is 16.2. The molecular weight excluding hydrogens is 300 g/mol. The van der Waals surface area contributed by atoms with E-state index in [1.807, 2.05) is 32.9 Å². The molecule has 0 amide bonds. The summed E-state index contributed by atoms with van der Waals surface area (Å²) < 4.78 is 24.8. The van der Waals surface area contributed by atoms with Gasteiger partial charge < -0.3 is 4.90 Å². The fourth-order valence-electron chi connectivity index (χ4n) is 3.11. The third-order valence-corrected chi connectivity index (χ3v) is 5.52. The van der Waals surface area contributed by atoms with E-state index in [0.717, 1.165) is 36.3 Å². The van der Waals surface area contributed by atoms with Crippen molar-refractivity contribution < 1.29 is 13.3 Å². The van der Waals surface area contributed by atoms with Gasteiger partial charge in [-0.1, -0.05) is 29.0 Å². The van der Waals surface area contributed by atoms with Crippen LogP contribution >= 0.6 is 0 Å². The van der Waals surface area contributed by atoms with Gasteiger partial charge in [0.25, 0.3) is 10.0 Å². The molecule has 0 unspecified atom stereocenters. The van der Waals surface area contributed by atoms with Crippen LogP contribution < -0.4 is 4.89 Å². The van der Waals surface area contributed by atoms with Gasteiger partial charge in [0, 0.05) is 6.54 Å². The minimum absolute atomic E-state index is 0.316. The Labute approximate surface area is 133 Å². The lowest BCUT2D eigenvalue weighted by molar-refractivity contribution is 0.0656. The van der Waals surface area contributed by atoms with Crippen LogP contribution in [0.25, 0.3) is 0 Å². The molecule has 0 aliphatic carbocycles. The van der Waals surface area contributed by atoms with E-state index < -0.39 is 10.0 Å². The minimum atomic E-state index is -3.63. The van der Waals surface area contributed by atoms with Gasteiger partial charge in [-0.3, -0.25) is 4.84 Å². The van der Waals surface area contributed by atoms with Crippen LogP contribution in [0, 0.1) is 20.8 Å². The molecule has 6 heteroatoms. The maximum Gasteiger partial charge on any atom is 0.262 e. The van der Waals surface area contributed by atoms with Gasteiger partial charge >= 0.3 is 0 Å². The first-order valence-corrected chi connectivity index (χ1v) is 9.32. The Balaban J connectivity index is 1.91. The molecule has 0 aromatic heterocycles. The average molecular weight is 326 g/mol. The number of benzene rings is 1. The second-order valence-corrected chi connectivity index (χ2v) is 7.65. The van der Waals surface area contributed by atoms with Gasteiger partial charge in [0.2, 0.25) is 0 Å². The fraction of sp³-hybridized carbons (Fsp3) is 0.625. The van der Waals surface area contributed by atoms with Crippen molar-refractivity contribution in [3.8, 4) is 0 Å². The minimum Gasteiger partial charge on any atom is -0.301 e. The van der Waals surface area contributed by atoms with Crippen molar-refractivity contribution in [2.45, 2.75) is 44.9 Å². The third kappa shape index (κ3) is 4.52. The van der Waals surface area contributed by atoms with E-state index in [1.165, 1.54) is 19.3 Å². The molecule has 1 aromatic rings. The molecule has 1 aromatic carbocycles. The molecule has 0 atom stereocenters. The molecule has 1 heterocycles. The lowest BCUT2D eigenvalue weighted by Crippen LogP contribution is -2.35. The number of piperidine rings is 1. The summed E-state index contributed by atoms with van der Waals surface area (Å²) in [4.78, 5) is 10.1. The molecule has 0 bridgehead atoms. The van der Waals surface area contributed by atoms with Gasteiger partial charge in [-0.15, -0.1) is 0 Å². The molecule has 1 saturated heterocycles. The highest BCUT2D eigenvalue weighted by Crippen LogP contribution is 2.21. The summed E-state index contributed by atoms with van der Waals surface area (Å²) in [7, 11) is -3.63. The SMILES string of the molecule is Cc1cc(C)c(S(=O)(=O)NOCCN2CCCCC2)c(C)c1. The highest BCUT2D eigenvalue weighted by Gasteiger charge is 2.20. The molecule has 0 radical (unpaired) electrons. The predicted octanol–water partition coefficient (Wildman–Crippen LogP) is 2.31. The summed E-state index contributed by atoms with van der Waals surface area (Å²) in [5, 5.41) is 0. The quantitative estimate of drug-likeness (QED) is 0.644. The maximum absolute atomic E-state index is 12.4. The normalized spacial score (nSPS) is 16.9. The standard InChI is InChI=1S/C16H26N2O3S/c1-13-11-14(2)16(15(3)12-13)22(19,20)17-21-10-9-18-7-5-4-6-8-18/h11-12,17H,4-10H2,1-3H3. The highest BCUT2D eigenvalue weighted by atomic mass is 32.2. The van der Waals surface area contributed by atoms with Crippen LogP contribution in [0.15, 0.2) is 17.0 Å². The monoisotopic (exact) mass is 326 g/mol. The number of nitrogens with one attached hydrogen (secondary N) is 1. The van der Waals surface area contributed by atoms with Crippen molar-refractivity contribution >= 4 is 10.0 Å². The van der Waals surface area contributed by atoms with Crippen molar-refractivity contribution in [3.63, 3.8) is 0 Å². The van der Waals surface area contributed by atoms with Gasteiger partial charge in [0.1, 0.15) is 0 Å². The van der Waals surface area contributed by atoms with E-state index in [-0.39, 0.29) is 0 Å². The van der Waals surface area contributed by atoms with Crippen molar-refractivity contribution in [1.82, 2.24) is 9.79 Å². The van der Waals surface area contributed by atoms with Gasteiger partial charge in [0.15, 0.2) is 0 Å². The van der Waals surface area contributed by atoms with Crippen molar-refractivity contribution in [2.24, 2.45) is 0 Å². The summed E-state index contributed by atoms with van der Waals surface area (Å²) >= 11 is 0. The van der Waals surface area contributed by atoms with E-state index >= 15 is 0 Å². The first kappa shape index (κ1) is 17.4. The number of nitrogens with zero attached hydrogens (tertiary/aromatic N) is 1. The van der Waals surface area contributed by atoms with E-state index in [4.69, 9.17) is 4.84 Å². The zero-order valence-corrected chi connectivity index (χ0v) is 14.5. The Morgan fingerprint density at radius 2 is 1.68 bits per heavy atom. The number of hydrogen-bond donors (Lipinski definition) is 1. The molecule has 1 fully saturated rings. The number of sulfonamides is 1. The Morgan fingerprint density at radius 1 is 1.09 bits per heavy atom. The Bertz CT molecular complexity index is 585. The molecule has 5 nitrogen and oxygen atoms in total. The maximum atomic E-state index is 12.4. The van der Waals surface area contributed by atoms with Crippen LogP contribution in [0.4, 0.5) is 0 Å². The highest BCUT2D eigenvalue weighted by molar-refractivity contribution is 7.89. The fourth-order valence-corrected chi connectivity index (χ4v) is 4.40. The number of likely N-dealkylation sites (tertiary alicyclic amines) is 1. The average Bonchev–Trinajstić information content (AvgIpc) is 2.43. The van der Waals surface area contributed by atoms with Crippen LogP contribution in [0.2, 0.25) is 0 Å². The van der Waals surface area contributed by atoms with Crippen LogP contribution in [0.1, 0.15) is 36.0 Å². The molecule has 0 saturated carbocycles. The molecule has 1 aliphatic heterocycles. The van der Waals surface area contributed by atoms with Gasteiger partial charge in [0.05, 0.1) is 11.5 Å². The summed E-state index contributed by atoms with van der Waals surface area (Å²) in [6, 6.07) is 3.74. The smallest absolute Gasteiger partial charge is 0.262 e. The summed E-state index contributed by atoms with van der Waals surface area (Å²) in [6.07, 6.45) is 3.72. The van der Waals surface area contributed by atoms with Gasteiger partial charge in [-0.2, -0.15) is 0 Å². The van der Waals surface area contributed by atoms with Crippen LogP contribution in [0.3, 0.4) is 0 Å². The summed E-state index contributed by atoms with van der Waals surface area (Å²) in [5.74, 6) is 0. The summed E-state index contributed by atoms with van der Waals surface area (Å²) in [5.41, 5.74) is 2.54. The predicted molar refractivity (Wildman–Crippen MR) is 87.2 cm³/mol. The summed E-state index contributed by atoms with van der Waals surface area (Å²) in [6.45, 7) is 8.85. The molecule has 0 spiro atoms. The second kappa shape index (κ2) is 7.55. The number of rotatable bonds is 6. The van der Waals surface area contributed by atoms with Crippen molar-refractivity contribution in [1.29, 1.82) is 0 Å². The largest absolute Gasteiger partial charge is 0.301 e.